The van der Waals surface area contributed by atoms with Crippen molar-refractivity contribution in [2.45, 2.75) is 204 Å². The number of hydrogen-bond acceptors (Lipinski definition) is 20. The molecular formula is C48H78O20. The number of aliphatic hydroxyl groups is 13. The number of aliphatic hydroxyl groups excluding tert-OH is 13. The zero-order chi connectivity index (χ0) is 49.8. The van der Waals surface area contributed by atoms with Crippen molar-refractivity contribution in [1.82, 2.24) is 0 Å². The van der Waals surface area contributed by atoms with Crippen molar-refractivity contribution in [3.8, 4) is 0 Å². The Hall–Kier alpha value is -1.51. The van der Waals surface area contributed by atoms with Crippen LogP contribution in [-0.4, -0.2) is 203 Å². The fourth-order valence-corrected chi connectivity index (χ4v) is 15.1. The Morgan fingerprint density at radius 2 is 1.15 bits per heavy atom. The van der Waals surface area contributed by atoms with Gasteiger partial charge in [-0.3, -0.25) is 4.79 Å². The van der Waals surface area contributed by atoms with Crippen LogP contribution in [0.2, 0.25) is 0 Å². The minimum Gasteiger partial charge on any atom is -0.432 e. The average Bonchev–Trinajstić information content (AvgIpc) is 3.29. The van der Waals surface area contributed by atoms with Crippen molar-refractivity contribution in [2.75, 3.05) is 26.4 Å². The zero-order valence-corrected chi connectivity index (χ0v) is 40.0. The molecule has 0 radical (unpaired) electrons. The van der Waals surface area contributed by atoms with Gasteiger partial charge in [-0.1, -0.05) is 53.2 Å². The van der Waals surface area contributed by atoms with E-state index < -0.39 is 152 Å². The summed E-state index contributed by atoms with van der Waals surface area (Å²) in [5, 5.41) is 140. The Bertz CT molecular complexity index is 1850. The molecule has 3 heterocycles. The summed E-state index contributed by atoms with van der Waals surface area (Å²) in [7, 11) is 0. The number of rotatable bonds is 10. The van der Waals surface area contributed by atoms with E-state index in [4.69, 9.17) is 28.4 Å². The van der Waals surface area contributed by atoms with Gasteiger partial charge in [-0.15, -0.1) is 0 Å². The molecular weight excluding hydrogens is 897 g/mol. The topological polar surface area (TPSA) is 335 Å². The molecule has 7 fully saturated rings. The van der Waals surface area contributed by atoms with E-state index >= 15 is 4.79 Å². The number of ether oxygens (including phenoxy) is 6. The first-order valence-electron chi connectivity index (χ1n) is 24.6. The number of carbonyl (C=O) groups is 1. The predicted octanol–water partition coefficient (Wildman–Crippen LogP) is -1.92. The molecule has 0 amide bonds. The highest BCUT2D eigenvalue weighted by Crippen LogP contribution is 2.76. The predicted molar refractivity (Wildman–Crippen MR) is 233 cm³/mol. The number of allylic oxidation sites excluding steroid dienone is 2. The molecule has 20 nitrogen and oxygen atoms in total. The highest BCUT2D eigenvalue weighted by Gasteiger charge is 2.71. The monoisotopic (exact) mass is 975 g/mol. The van der Waals surface area contributed by atoms with Gasteiger partial charge in [0.1, 0.15) is 67.1 Å². The molecule has 25 atom stereocenters. The molecule has 0 aromatic heterocycles. The molecule has 3 saturated heterocycles. The fourth-order valence-electron chi connectivity index (χ4n) is 15.1. The van der Waals surface area contributed by atoms with E-state index in [1.807, 2.05) is 6.92 Å². The largest absolute Gasteiger partial charge is 0.432 e. The first-order valence-corrected chi connectivity index (χ1v) is 24.6. The normalized spacial score (nSPS) is 54.6. The van der Waals surface area contributed by atoms with Crippen molar-refractivity contribution >= 4 is 5.97 Å². The van der Waals surface area contributed by atoms with E-state index in [0.717, 1.165) is 18.4 Å². The van der Waals surface area contributed by atoms with Crippen LogP contribution in [0.4, 0.5) is 0 Å². The number of fused-ring (bicyclic) bond motifs is 7. The third-order valence-corrected chi connectivity index (χ3v) is 19.4. The van der Waals surface area contributed by atoms with Gasteiger partial charge >= 0.3 is 5.97 Å². The maximum Gasteiger partial charge on any atom is 0.315 e. The van der Waals surface area contributed by atoms with Crippen molar-refractivity contribution in [1.29, 1.82) is 0 Å². The lowest BCUT2D eigenvalue weighted by atomic mass is 9.33. The maximum absolute atomic E-state index is 15.3. The van der Waals surface area contributed by atoms with Crippen LogP contribution in [0.25, 0.3) is 0 Å². The minimum atomic E-state index is -1.98. The first kappa shape index (κ1) is 52.8. The molecule has 8 aliphatic rings. The van der Waals surface area contributed by atoms with Crippen LogP contribution < -0.4 is 0 Å². The number of carbonyl (C=O) groups excluding carboxylic acids is 1. The fraction of sp³-hybridized carbons (Fsp3) is 0.938. The van der Waals surface area contributed by atoms with E-state index in [0.29, 0.717) is 44.9 Å². The Morgan fingerprint density at radius 3 is 1.74 bits per heavy atom. The van der Waals surface area contributed by atoms with E-state index in [2.05, 4.69) is 40.7 Å². The standard InChI is InChI=1S/C48H78O20/c1-43(2)11-13-48(14-12-46(5)21(22(48)15-43)7-8-28-44(3)16-23(53)38(61)45(4,20-52)27(44)9-10-47(28,46)6)42(62)68-41-37(34(59)31(56)26(19-51)65-41)67-40-36(33(58)30(55)25(18-50)64-40)66-39-35(60)32(57)29(54)24(17-49)63-39/h7,22-41,49-61H,8-20H2,1-6H3. The van der Waals surface area contributed by atoms with E-state index in [9.17, 15) is 66.4 Å². The lowest BCUT2D eigenvalue weighted by Gasteiger charge is -2.71. The molecule has 68 heavy (non-hydrogen) atoms. The second kappa shape index (κ2) is 18.8. The van der Waals surface area contributed by atoms with Gasteiger partial charge in [0.2, 0.25) is 6.29 Å². The summed E-state index contributed by atoms with van der Waals surface area (Å²) in [6, 6.07) is 0. The maximum atomic E-state index is 15.3. The Kier molecular flexibility index (Phi) is 14.6. The quantitative estimate of drug-likeness (QED) is 0.0839. The van der Waals surface area contributed by atoms with Crippen molar-refractivity contribution < 1.29 is 99.6 Å². The lowest BCUT2D eigenvalue weighted by Crippen LogP contribution is -2.68. The molecule has 5 aliphatic carbocycles. The van der Waals surface area contributed by atoms with Crippen LogP contribution in [-0.2, 0) is 33.2 Å². The first-order chi connectivity index (χ1) is 31.8. The molecule has 13 N–H and O–H groups in total. The molecule has 0 spiro atoms. The van der Waals surface area contributed by atoms with Gasteiger partial charge in [-0.05, 0) is 97.2 Å². The summed E-state index contributed by atoms with van der Waals surface area (Å²) in [5.41, 5.74) is -2.13. The van der Waals surface area contributed by atoms with Crippen molar-refractivity contribution in [2.24, 2.45) is 50.2 Å². The SMILES string of the molecule is CC1(C)CCC2(C(=O)OC3OC(CO)C(O)C(O)C3OC3OC(CO)C(O)C(O)C3OC3OC(CO)C(O)C(O)C3O)CCC3(C)C(=CCC4C5(C)CC(O)C(O)C(C)(CO)C5CCC43C)C2C1. The van der Waals surface area contributed by atoms with Crippen LogP contribution >= 0.6 is 0 Å². The molecule has 25 unspecified atom stereocenters. The third kappa shape index (κ3) is 8.07. The molecule has 3 aliphatic heterocycles. The van der Waals surface area contributed by atoms with E-state index in [1.54, 1.807) is 0 Å². The third-order valence-electron chi connectivity index (χ3n) is 19.4. The molecule has 0 aromatic carbocycles. The molecule has 4 saturated carbocycles. The number of esters is 1. The summed E-state index contributed by atoms with van der Waals surface area (Å²) in [6.45, 7) is 10.3. The summed E-state index contributed by atoms with van der Waals surface area (Å²) in [6.07, 6.45) is -21.4. The highest BCUT2D eigenvalue weighted by atomic mass is 16.8. The summed E-state index contributed by atoms with van der Waals surface area (Å²) in [5.74, 6) is -0.924. The van der Waals surface area contributed by atoms with Crippen LogP contribution in [0.15, 0.2) is 11.6 Å². The highest BCUT2D eigenvalue weighted by molar-refractivity contribution is 5.79. The van der Waals surface area contributed by atoms with Gasteiger partial charge in [0.25, 0.3) is 0 Å². The summed E-state index contributed by atoms with van der Waals surface area (Å²) >= 11 is 0. The Labute approximate surface area is 396 Å². The van der Waals surface area contributed by atoms with Gasteiger partial charge in [0.05, 0.1) is 44.1 Å². The van der Waals surface area contributed by atoms with Crippen LogP contribution in [0.3, 0.4) is 0 Å². The van der Waals surface area contributed by atoms with Crippen molar-refractivity contribution in [3.05, 3.63) is 11.6 Å². The Morgan fingerprint density at radius 1 is 0.618 bits per heavy atom. The molecule has 8 rings (SSSR count). The average molecular weight is 975 g/mol. The molecule has 390 valence electrons. The van der Waals surface area contributed by atoms with Gasteiger partial charge in [0, 0.05) is 5.41 Å². The van der Waals surface area contributed by atoms with Gasteiger partial charge in [-0.2, -0.15) is 0 Å². The minimum absolute atomic E-state index is 0.0417. The summed E-state index contributed by atoms with van der Waals surface area (Å²) < 4.78 is 35.7. The lowest BCUT2D eigenvalue weighted by molar-refractivity contribution is -0.391. The second-order valence-electron chi connectivity index (χ2n) is 23.5. The van der Waals surface area contributed by atoms with Gasteiger partial charge in [-0.25, -0.2) is 0 Å². The summed E-state index contributed by atoms with van der Waals surface area (Å²) in [4.78, 5) is 15.3. The van der Waals surface area contributed by atoms with Crippen molar-refractivity contribution in [3.63, 3.8) is 0 Å². The number of hydrogen-bond donors (Lipinski definition) is 13. The molecule has 0 bridgehead atoms. The van der Waals surface area contributed by atoms with E-state index in [-0.39, 0.29) is 35.2 Å². The zero-order valence-electron chi connectivity index (χ0n) is 40.0. The van der Waals surface area contributed by atoms with Crippen LogP contribution in [0.5, 0.6) is 0 Å². The van der Waals surface area contributed by atoms with Gasteiger partial charge < -0.3 is 94.8 Å². The van der Waals surface area contributed by atoms with E-state index in [1.165, 1.54) is 0 Å². The molecule has 20 heteroatoms. The smallest absolute Gasteiger partial charge is 0.315 e. The van der Waals surface area contributed by atoms with Gasteiger partial charge in [0.15, 0.2) is 18.7 Å². The van der Waals surface area contributed by atoms with Crippen LogP contribution in [0, 0.1) is 50.2 Å². The van der Waals surface area contributed by atoms with Crippen LogP contribution in [0.1, 0.15) is 99.3 Å². The second-order valence-corrected chi connectivity index (χ2v) is 23.5. The molecule has 0 aromatic rings. The Balaban J connectivity index is 1.10.